The molecule has 0 bridgehead atoms. The van der Waals surface area contributed by atoms with E-state index in [2.05, 4.69) is 5.32 Å². The lowest BCUT2D eigenvalue weighted by Gasteiger charge is -2.29. The van der Waals surface area contributed by atoms with Crippen molar-refractivity contribution in [1.29, 1.82) is 0 Å². The number of aryl methyl sites for hydroxylation is 1. The summed E-state index contributed by atoms with van der Waals surface area (Å²) < 4.78 is 23.0. The van der Waals surface area contributed by atoms with Gasteiger partial charge in [0.1, 0.15) is 6.04 Å². The van der Waals surface area contributed by atoms with Crippen LogP contribution in [0.25, 0.3) is 0 Å². The van der Waals surface area contributed by atoms with Gasteiger partial charge in [0.2, 0.25) is 17.7 Å². The molecule has 3 rings (SSSR count). The molecule has 0 radical (unpaired) electrons. The van der Waals surface area contributed by atoms with Crippen LogP contribution in [0.4, 0.5) is 5.69 Å². The number of anilines is 1. The lowest BCUT2D eigenvalue weighted by molar-refractivity contribution is -0.136. The molecule has 1 N–H and O–H groups in total. The minimum Gasteiger partial charge on any atom is -0.344 e. The van der Waals surface area contributed by atoms with E-state index in [1.165, 1.54) is 4.90 Å². The highest BCUT2D eigenvalue weighted by Crippen LogP contribution is 2.28. The maximum Gasteiger partial charge on any atom is 0.244 e. The van der Waals surface area contributed by atoms with Crippen molar-refractivity contribution >= 4 is 33.2 Å². The highest BCUT2D eigenvalue weighted by Gasteiger charge is 2.37. The molecule has 2 atom stereocenters. The molecule has 1 aromatic carbocycles. The fourth-order valence-electron chi connectivity index (χ4n) is 3.79. The predicted molar refractivity (Wildman–Crippen MR) is 109 cm³/mol. The molecule has 2 aliphatic heterocycles. The monoisotopic (exact) mass is 421 g/mol. The van der Waals surface area contributed by atoms with Crippen LogP contribution >= 0.6 is 0 Å². The van der Waals surface area contributed by atoms with Gasteiger partial charge in [-0.3, -0.25) is 14.4 Å². The number of nitrogens with zero attached hydrogens (tertiary/aromatic N) is 2. The number of nitrogens with one attached hydrogen (secondary N) is 1. The third-order valence-electron chi connectivity index (χ3n) is 5.54. The largest absolute Gasteiger partial charge is 0.344 e. The van der Waals surface area contributed by atoms with E-state index >= 15 is 0 Å². The smallest absolute Gasteiger partial charge is 0.244 e. The van der Waals surface area contributed by atoms with E-state index in [4.69, 9.17) is 0 Å². The molecule has 3 amide bonds. The summed E-state index contributed by atoms with van der Waals surface area (Å²) in [6, 6.07) is 6.87. The van der Waals surface area contributed by atoms with Gasteiger partial charge < -0.3 is 15.1 Å². The quantitative estimate of drug-likeness (QED) is 0.740. The summed E-state index contributed by atoms with van der Waals surface area (Å²) in [6.45, 7) is 4.17. The van der Waals surface area contributed by atoms with Crippen LogP contribution < -0.4 is 10.2 Å². The highest BCUT2D eigenvalue weighted by molar-refractivity contribution is 7.91. The summed E-state index contributed by atoms with van der Waals surface area (Å²) in [4.78, 5) is 40.8. The van der Waals surface area contributed by atoms with Crippen LogP contribution in [0.15, 0.2) is 24.3 Å². The normalized spacial score (nSPS) is 22.4. The number of carbonyl (C=O) groups is 3. The third kappa shape index (κ3) is 4.77. The lowest BCUT2D eigenvalue weighted by atomic mass is 10.1. The molecule has 1 aromatic rings. The number of sulfone groups is 1. The second kappa shape index (κ2) is 8.52. The molecule has 2 saturated heterocycles. The van der Waals surface area contributed by atoms with Crippen molar-refractivity contribution in [1.82, 2.24) is 10.2 Å². The molecular weight excluding hydrogens is 394 g/mol. The van der Waals surface area contributed by atoms with E-state index < -0.39 is 21.8 Å². The molecule has 0 spiro atoms. The van der Waals surface area contributed by atoms with Gasteiger partial charge >= 0.3 is 0 Å². The molecule has 0 aromatic heterocycles. The van der Waals surface area contributed by atoms with Gasteiger partial charge in [0.15, 0.2) is 9.84 Å². The van der Waals surface area contributed by atoms with E-state index in [1.54, 1.807) is 11.8 Å². The number of hydrogen-bond donors (Lipinski definition) is 1. The van der Waals surface area contributed by atoms with Crippen LogP contribution in [-0.4, -0.2) is 68.2 Å². The first kappa shape index (κ1) is 21.3. The van der Waals surface area contributed by atoms with Crippen LogP contribution in [0.1, 0.15) is 25.8 Å². The Morgan fingerprint density at radius 2 is 1.86 bits per heavy atom. The van der Waals surface area contributed by atoms with E-state index in [1.807, 2.05) is 31.2 Å². The molecule has 2 aliphatic rings. The summed E-state index contributed by atoms with van der Waals surface area (Å²) in [5, 5.41) is 2.70. The Hall–Kier alpha value is -2.42. The second-order valence-corrected chi connectivity index (χ2v) is 9.90. The van der Waals surface area contributed by atoms with E-state index in [9.17, 15) is 22.8 Å². The number of benzene rings is 1. The fourth-order valence-corrected chi connectivity index (χ4v) is 4.99. The number of para-hydroxylation sites is 1. The van der Waals surface area contributed by atoms with Gasteiger partial charge in [-0.2, -0.15) is 0 Å². The van der Waals surface area contributed by atoms with Crippen LogP contribution in [-0.2, 0) is 30.6 Å². The zero-order valence-electron chi connectivity index (χ0n) is 16.8. The van der Waals surface area contributed by atoms with Gasteiger partial charge in [-0.1, -0.05) is 25.1 Å². The zero-order chi connectivity index (χ0) is 21.2. The van der Waals surface area contributed by atoms with E-state index in [0.29, 0.717) is 0 Å². The molecule has 29 heavy (non-hydrogen) atoms. The van der Waals surface area contributed by atoms with E-state index in [-0.39, 0.29) is 55.3 Å². The Morgan fingerprint density at radius 1 is 1.21 bits per heavy atom. The molecule has 158 valence electrons. The average molecular weight is 422 g/mol. The van der Waals surface area contributed by atoms with Gasteiger partial charge in [-0.15, -0.1) is 0 Å². The summed E-state index contributed by atoms with van der Waals surface area (Å²) >= 11 is 0. The minimum atomic E-state index is -3.08. The molecule has 2 fully saturated rings. The van der Waals surface area contributed by atoms with Crippen molar-refractivity contribution in [3.05, 3.63) is 29.8 Å². The Kier molecular flexibility index (Phi) is 6.26. The summed E-state index contributed by atoms with van der Waals surface area (Å²) in [5.74, 6) is -1.37. The highest BCUT2D eigenvalue weighted by atomic mass is 32.2. The molecule has 0 aliphatic carbocycles. The van der Waals surface area contributed by atoms with Gasteiger partial charge in [0, 0.05) is 31.7 Å². The van der Waals surface area contributed by atoms with Crippen molar-refractivity contribution in [3.63, 3.8) is 0 Å². The SMILES string of the molecule is CCc1ccccc1N1CC(C(=O)NC(C)C(=O)N2CCS(=O)(=O)CC2)CC1=O. The van der Waals surface area contributed by atoms with Gasteiger partial charge in [0.05, 0.1) is 17.4 Å². The molecule has 2 heterocycles. The Labute approximate surface area is 171 Å². The molecule has 9 heteroatoms. The van der Waals surface area contributed by atoms with Crippen LogP contribution in [0, 0.1) is 5.92 Å². The molecular formula is C20H27N3O5S. The van der Waals surface area contributed by atoms with Crippen LogP contribution in [0.5, 0.6) is 0 Å². The van der Waals surface area contributed by atoms with Crippen molar-refractivity contribution in [2.45, 2.75) is 32.7 Å². The van der Waals surface area contributed by atoms with Gasteiger partial charge in [-0.05, 0) is 25.0 Å². The Balaban J connectivity index is 1.60. The maximum atomic E-state index is 12.7. The molecule has 0 saturated carbocycles. The first-order valence-corrected chi connectivity index (χ1v) is 11.7. The van der Waals surface area contributed by atoms with Crippen molar-refractivity contribution in [2.24, 2.45) is 5.92 Å². The molecule has 2 unspecified atom stereocenters. The number of hydrogen-bond acceptors (Lipinski definition) is 5. The first-order chi connectivity index (χ1) is 13.7. The van der Waals surface area contributed by atoms with Crippen LogP contribution in [0.2, 0.25) is 0 Å². The summed E-state index contributed by atoms with van der Waals surface area (Å²) in [5.41, 5.74) is 1.87. The predicted octanol–water partition coefficient (Wildman–Crippen LogP) is 0.364. The number of rotatable bonds is 5. The fraction of sp³-hybridized carbons (Fsp3) is 0.550. The summed E-state index contributed by atoms with van der Waals surface area (Å²) in [6.07, 6.45) is 0.890. The number of amides is 3. The van der Waals surface area contributed by atoms with Crippen molar-refractivity contribution < 1.29 is 22.8 Å². The standard InChI is InChI=1S/C20H27N3O5S/c1-3-15-6-4-5-7-17(15)23-13-16(12-18(23)24)19(25)21-14(2)20(26)22-8-10-29(27,28)11-9-22/h4-7,14,16H,3,8-13H2,1-2H3,(H,21,25). The second-order valence-electron chi connectivity index (χ2n) is 7.60. The number of carbonyl (C=O) groups excluding carboxylic acids is 3. The Morgan fingerprint density at radius 3 is 2.52 bits per heavy atom. The van der Waals surface area contributed by atoms with E-state index in [0.717, 1.165) is 17.7 Å². The van der Waals surface area contributed by atoms with Crippen molar-refractivity contribution in [2.75, 3.05) is 36.0 Å². The van der Waals surface area contributed by atoms with Gasteiger partial charge in [-0.25, -0.2) is 8.42 Å². The third-order valence-corrected chi connectivity index (χ3v) is 7.15. The first-order valence-electron chi connectivity index (χ1n) is 9.89. The molecule has 8 nitrogen and oxygen atoms in total. The minimum absolute atomic E-state index is 0.0532. The Bertz CT molecular complexity index is 900. The van der Waals surface area contributed by atoms with Crippen molar-refractivity contribution in [3.8, 4) is 0 Å². The topological polar surface area (TPSA) is 104 Å². The zero-order valence-corrected chi connectivity index (χ0v) is 17.6. The lowest BCUT2D eigenvalue weighted by Crippen LogP contribution is -2.52. The van der Waals surface area contributed by atoms with Crippen LogP contribution in [0.3, 0.4) is 0 Å². The maximum absolute atomic E-state index is 12.7. The average Bonchev–Trinajstić information content (AvgIpc) is 3.09. The summed E-state index contributed by atoms with van der Waals surface area (Å²) in [7, 11) is -3.08. The van der Waals surface area contributed by atoms with Gasteiger partial charge in [0.25, 0.3) is 0 Å².